The van der Waals surface area contributed by atoms with Gasteiger partial charge in [0.15, 0.2) is 0 Å². The molecule has 6 heteroatoms. The highest BCUT2D eigenvalue weighted by Gasteiger charge is 2.18. The van der Waals surface area contributed by atoms with Crippen LogP contribution in [0.25, 0.3) is 0 Å². The molecule has 1 rings (SSSR count). The van der Waals surface area contributed by atoms with Crippen molar-refractivity contribution in [3.05, 3.63) is 0 Å². The summed E-state index contributed by atoms with van der Waals surface area (Å²) in [5.74, 6) is 0.466. The molecule has 15 heavy (non-hydrogen) atoms. The number of carbonyl (C=O) groups is 1. The number of thioether (sulfide) groups is 1. The van der Waals surface area contributed by atoms with Gasteiger partial charge in [0.05, 0.1) is 0 Å². The maximum Gasteiger partial charge on any atom is 0.272 e. The Kier molecular flexibility index (Phi) is 5.08. The molecule has 1 aliphatic carbocycles. The van der Waals surface area contributed by atoms with E-state index in [9.17, 15) is 13.2 Å². The Bertz CT molecular complexity index is 304. The monoisotopic (exact) mass is 252 g/mol. The van der Waals surface area contributed by atoms with Crippen LogP contribution in [0.15, 0.2) is 0 Å². The summed E-state index contributed by atoms with van der Waals surface area (Å²) in [6.45, 7) is 0. The zero-order valence-corrected chi connectivity index (χ0v) is 10.1. The molecule has 0 aliphatic heterocycles. The largest absolute Gasteiger partial charge is 0.286 e. The summed E-state index contributed by atoms with van der Waals surface area (Å²) in [5.41, 5.74) is 0. The zero-order valence-electron chi connectivity index (χ0n) is 8.52. The fourth-order valence-corrected chi connectivity index (χ4v) is 3.59. The van der Waals surface area contributed by atoms with E-state index in [1.165, 1.54) is 19.3 Å². The second-order valence-corrected chi connectivity index (χ2v) is 6.44. The van der Waals surface area contributed by atoms with Gasteiger partial charge >= 0.3 is 0 Å². The van der Waals surface area contributed by atoms with Crippen LogP contribution in [0.4, 0.5) is 0 Å². The van der Waals surface area contributed by atoms with Crippen LogP contribution in [0, 0.1) is 5.92 Å². The normalized spacial score (nSPS) is 19.0. The minimum absolute atomic E-state index is 0.455. The molecule has 1 saturated carbocycles. The van der Waals surface area contributed by atoms with E-state index >= 15 is 0 Å². The maximum absolute atomic E-state index is 11.1. The predicted molar refractivity (Wildman–Crippen MR) is 60.5 cm³/mol. The minimum Gasteiger partial charge on any atom is -0.286 e. The molecule has 0 aromatic carbocycles. The van der Waals surface area contributed by atoms with Crippen molar-refractivity contribution < 1.29 is 17.8 Å². The van der Waals surface area contributed by atoms with E-state index in [2.05, 4.69) is 0 Å². The molecular formula is C9H16O4S2. The number of hydrogen-bond acceptors (Lipinski definition) is 4. The van der Waals surface area contributed by atoms with Crippen LogP contribution in [0.5, 0.6) is 0 Å². The van der Waals surface area contributed by atoms with Crippen molar-refractivity contribution >= 4 is 27.0 Å². The summed E-state index contributed by atoms with van der Waals surface area (Å²) < 4.78 is 29.3. The Balaban J connectivity index is 2.21. The maximum atomic E-state index is 11.1. The third-order valence-electron chi connectivity index (χ3n) is 2.51. The Morgan fingerprint density at radius 1 is 1.27 bits per heavy atom. The van der Waals surface area contributed by atoms with Crippen molar-refractivity contribution in [3.8, 4) is 0 Å². The lowest BCUT2D eigenvalue weighted by atomic mass is 9.91. The van der Waals surface area contributed by atoms with E-state index in [1.54, 1.807) is 0 Å². The topological polar surface area (TPSA) is 71.4 Å². The van der Waals surface area contributed by atoms with Gasteiger partial charge in [0.1, 0.15) is 5.75 Å². The minimum atomic E-state index is -4.15. The fraction of sp³-hybridized carbons (Fsp3) is 0.889. The third-order valence-corrected chi connectivity index (χ3v) is 4.42. The molecule has 0 aromatic rings. The van der Waals surface area contributed by atoms with Crippen molar-refractivity contribution in [3.63, 3.8) is 0 Å². The molecule has 0 saturated heterocycles. The summed E-state index contributed by atoms with van der Waals surface area (Å²) in [5, 5.41) is -0.455. The van der Waals surface area contributed by atoms with Gasteiger partial charge in [-0.15, -0.1) is 0 Å². The Labute approximate surface area is 94.6 Å². The van der Waals surface area contributed by atoms with E-state index in [1.807, 2.05) is 0 Å². The van der Waals surface area contributed by atoms with Crippen molar-refractivity contribution in [1.29, 1.82) is 0 Å². The smallest absolute Gasteiger partial charge is 0.272 e. The zero-order chi connectivity index (χ0) is 11.3. The van der Waals surface area contributed by atoms with Gasteiger partial charge in [-0.05, 0) is 18.8 Å². The van der Waals surface area contributed by atoms with E-state index < -0.39 is 21.0 Å². The highest BCUT2D eigenvalue weighted by Crippen LogP contribution is 2.26. The summed E-state index contributed by atoms with van der Waals surface area (Å²) in [6.07, 6.45) is 5.94. The number of hydrogen-bond donors (Lipinski definition) is 1. The lowest BCUT2D eigenvalue weighted by Gasteiger charge is -2.20. The average Bonchev–Trinajstić information content (AvgIpc) is 2.14. The first-order chi connectivity index (χ1) is 6.97. The summed E-state index contributed by atoms with van der Waals surface area (Å²) in [6, 6.07) is 0. The number of carbonyl (C=O) groups excluding carboxylic acids is 1. The third kappa shape index (κ3) is 6.17. The molecule has 0 atom stereocenters. The molecule has 1 N–H and O–H groups in total. The second kappa shape index (κ2) is 5.86. The number of rotatable bonds is 4. The van der Waals surface area contributed by atoms with E-state index in [0.717, 1.165) is 24.6 Å². The van der Waals surface area contributed by atoms with Crippen molar-refractivity contribution in [2.45, 2.75) is 32.1 Å². The van der Waals surface area contributed by atoms with E-state index in [0.29, 0.717) is 11.7 Å². The molecule has 0 bridgehead atoms. The van der Waals surface area contributed by atoms with Crippen molar-refractivity contribution in [1.82, 2.24) is 0 Å². The summed E-state index contributed by atoms with van der Waals surface area (Å²) in [7, 11) is -4.15. The van der Waals surface area contributed by atoms with Crippen LogP contribution in [0.1, 0.15) is 32.1 Å². The summed E-state index contributed by atoms with van der Waals surface area (Å²) in [4.78, 5) is 11.1. The molecule has 0 amide bonds. The average molecular weight is 252 g/mol. The van der Waals surface area contributed by atoms with E-state index in [-0.39, 0.29) is 0 Å². The second-order valence-electron chi connectivity index (χ2n) is 3.91. The molecule has 0 aromatic heterocycles. The highest BCUT2D eigenvalue weighted by atomic mass is 32.2. The first-order valence-corrected chi connectivity index (χ1v) is 7.67. The molecule has 1 aliphatic rings. The molecule has 0 radical (unpaired) electrons. The van der Waals surface area contributed by atoms with Gasteiger partial charge in [-0.25, -0.2) is 0 Å². The SMILES string of the molecule is O=C(CS(=O)(=O)O)SCC1CCCCC1. The Morgan fingerprint density at radius 3 is 2.40 bits per heavy atom. The standard InChI is InChI=1S/C9H16O4S2/c10-9(7-15(11,12)13)14-6-8-4-2-1-3-5-8/h8H,1-7H2,(H,11,12,13). The van der Waals surface area contributed by atoms with Crippen LogP contribution in [0.3, 0.4) is 0 Å². The van der Waals surface area contributed by atoms with Gasteiger partial charge in [-0.3, -0.25) is 9.35 Å². The van der Waals surface area contributed by atoms with Crippen LogP contribution >= 0.6 is 11.8 Å². The van der Waals surface area contributed by atoms with Gasteiger partial charge in [0, 0.05) is 5.75 Å². The van der Waals surface area contributed by atoms with Gasteiger partial charge in [0.2, 0.25) is 5.12 Å². The van der Waals surface area contributed by atoms with Crippen LogP contribution in [-0.2, 0) is 14.9 Å². The Morgan fingerprint density at radius 2 is 1.87 bits per heavy atom. The molecule has 1 fully saturated rings. The first-order valence-electron chi connectivity index (χ1n) is 5.08. The fourth-order valence-electron chi connectivity index (χ4n) is 1.76. The summed E-state index contributed by atoms with van der Waals surface area (Å²) >= 11 is 1.03. The lowest BCUT2D eigenvalue weighted by molar-refractivity contribution is -0.108. The van der Waals surface area contributed by atoms with Crippen LogP contribution in [0.2, 0.25) is 0 Å². The first kappa shape index (κ1) is 13.0. The molecule has 0 unspecified atom stereocenters. The highest BCUT2D eigenvalue weighted by molar-refractivity contribution is 8.14. The van der Waals surface area contributed by atoms with Gasteiger partial charge < -0.3 is 0 Å². The molecule has 4 nitrogen and oxygen atoms in total. The van der Waals surface area contributed by atoms with Gasteiger partial charge in [-0.1, -0.05) is 31.0 Å². The van der Waals surface area contributed by atoms with Gasteiger partial charge in [0.25, 0.3) is 10.1 Å². The molecule has 88 valence electrons. The molecule has 0 heterocycles. The van der Waals surface area contributed by atoms with Crippen molar-refractivity contribution in [2.75, 3.05) is 11.5 Å². The van der Waals surface area contributed by atoms with Gasteiger partial charge in [-0.2, -0.15) is 8.42 Å². The Hall–Kier alpha value is -0.0700. The molecular weight excluding hydrogens is 236 g/mol. The quantitative estimate of drug-likeness (QED) is 0.771. The van der Waals surface area contributed by atoms with Crippen LogP contribution in [-0.4, -0.2) is 29.6 Å². The molecule has 0 spiro atoms. The van der Waals surface area contributed by atoms with Crippen molar-refractivity contribution in [2.24, 2.45) is 5.92 Å². The predicted octanol–water partition coefficient (Wildman–Crippen LogP) is 1.71. The lowest BCUT2D eigenvalue weighted by Crippen LogP contribution is -2.15. The van der Waals surface area contributed by atoms with Crippen LogP contribution < -0.4 is 0 Å². The van der Waals surface area contributed by atoms with E-state index in [4.69, 9.17) is 4.55 Å².